The third-order valence-electron chi connectivity index (χ3n) is 4.70. The molecule has 2 aromatic rings. The Balaban J connectivity index is 1.69. The van der Waals surface area contributed by atoms with Gasteiger partial charge in [0.2, 0.25) is 5.91 Å². The number of carbonyl (C=O) groups excluding carboxylic acids is 1. The molecule has 6 heteroatoms. The number of aryl methyl sites for hydroxylation is 1. The predicted molar refractivity (Wildman–Crippen MR) is 96.4 cm³/mol. The van der Waals surface area contributed by atoms with Crippen molar-refractivity contribution in [3.05, 3.63) is 47.8 Å². The van der Waals surface area contributed by atoms with Crippen molar-refractivity contribution in [2.45, 2.75) is 44.3 Å². The molecule has 1 aliphatic heterocycles. The number of methoxy groups -OCH3 is 1. The zero-order chi connectivity index (χ0) is 17.8. The lowest BCUT2D eigenvalue weighted by atomic mass is 9.92. The Morgan fingerprint density at radius 1 is 1.44 bits per heavy atom. The van der Waals surface area contributed by atoms with E-state index in [4.69, 9.17) is 4.74 Å². The monoisotopic (exact) mass is 342 g/mol. The average Bonchev–Trinajstić information content (AvgIpc) is 3.03. The van der Waals surface area contributed by atoms with Gasteiger partial charge in [0, 0.05) is 37.3 Å². The van der Waals surface area contributed by atoms with Crippen molar-refractivity contribution in [3.63, 3.8) is 0 Å². The SMILES string of the molecule is COc1ccccc1CC(C)N[C@@H]1CCC(=O)N[C@H]1c1cnn(C)c1. The van der Waals surface area contributed by atoms with Crippen molar-refractivity contribution in [1.29, 1.82) is 0 Å². The summed E-state index contributed by atoms with van der Waals surface area (Å²) in [6, 6.07) is 8.50. The highest BCUT2D eigenvalue weighted by atomic mass is 16.5. The molecule has 1 aliphatic rings. The molecule has 2 heterocycles. The van der Waals surface area contributed by atoms with Gasteiger partial charge in [-0.3, -0.25) is 9.48 Å². The molecule has 25 heavy (non-hydrogen) atoms. The smallest absolute Gasteiger partial charge is 0.220 e. The summed E-state index contributed by atoms with van der Waals surface area (Å²) in [6.45, 7) is 2.17. The largest absolute Gasteiger partial charge is 0.496 e. The normalized spacial score (nSPS) is 21.6. The Morgan fingerprint density at radius 2 is 2.24 bits per heavy atom. The fourth-order valence-corrected chi connectivity index (χ4v) is 3.52. The number of ether oxygens (including phenoxy) is 1. The number of amides is 1. The van der Waals surface area contributed by atoms with Crippen molar-refractivity contribution in [2.24, 2.45) is 7.05 Å². The number of nitrogens with zero attached hydrogens (tertiary/aromatic N) is 2. The zero-order valence-corrected chi connectivity index (χ0v) is 15.0. The second-order valence-electron chi connectivity index (χ2n) is 6.72. The summed E-state index contributed by atoms with van der Waals surface area (Å²) in [5, 5.41) is 11.0. The van der Waals surface area contributed by atoms with Gasteiger partial charge >= 0.3 is 0 Å². The van der Waals surface area contributed by atoms with Gasteiger partial charge in [-0.2, -0.15) is 5.10 Å². The summed E-state index contributed by atoms with van der Waals surface area (Å²) < 4.78 is 7.22. The maximum absolute atomic E-state index is 11.9. The molecule has 0 spiro atoms. The predicted octanol–water partition coefficient (Wildman–Crippen LogP) is 1.97. The first-order valence-corrected chi connectivity index (χ1v) is 8.72. The number of carbonyl (C=O) groups is 1. The van der Waals surface area contributed by atoms with Gasteiger partial charge in [-0.25, -0.2) is 0 Å². The molecular weight excluding hydrogens is 316 g/mol. The van der Waals surface area contributed by atoms with E-state index in [1.807, 2.05) is 37.6 Å². The van der Waals surface area contributed by atoms with Gasteiger partial charge in [-0.05, 0) is 31.4 Å². The molecule has 0 saturated carbocycles. The van der Waals surface area contributed by atoms with Gasteiger partial charge in [-0.15, -0.1) is 0 Å². The van der Waals surface area contributed by atoms with Crippen LogP contribution in [0, 0.1) is 0 Å². The number of para-hydroxylation sites is 1. The number of benzene rings is 1. The molecule has 0 aliphatic carbocycles. The third kappa shape index (κ3) is 4.20. The van der Waals surface area contributed by atoms with Crippen LogP contribution >= 0.6 is 0 Å². The molecule has 1 aromatic carbocycles. The van der Waals surface area contributed by atoms with Crippen LogP contribution in [0.2, 0.25) is 0 Å². The Bertz CT molecular complexity index is 728. The van der Waals surface area contributed by atoms with Crippen LogP contribution in [0.25, 0.3) is 0 Å². The van der Waals surface area contributed by atoms with Crippen molar-refractivity contribution in [3.8, 4) is 5.75 Å². The number of piperidine rings is 1. The highest BCUT2D eigenvalue weighted by Crippen LogP contribution is 2.25. The number of nitrogens with one attached hydrogen (secondary N) is 2. The first-order chi connectivity index (χ1) is 12.1. The van der Waals surface area contributed by atoms with E-state index in [-0.39, 0.29) is 24.0 Å². The number of hydrogen-bond donors (Lipinski definition) is 2. The van der Waals surface area contributed by atoms with Gasteiger partial charge in [0.15, 0.2) is 0 Å². The lowest BCUT2D eigenvalue weighted by molar-refractivity contribution is -0.124. The van der Waals surface area contributed by atoms with E-state index in [2.05, 4.69) is 28.7 Å². The zero-order valence-electron chi connectivity index (χ0n) is 15.0. The molecule has 0 bridgehead atoms. The van der Waals surface area contributed by atoms with E-state index in [9.17, 15) is 4.79 Å². The van der Waals surface area contributed by atoms with E-state index in [0.29, 0.717) is 6.42 Å². The molecule has 3 atom stereocenters. The van der Waals surface area contributed by atoms with Crippen LogP contribution in [-0.4, -0.2) is 34.9 Å². The van der Waals surface area contributed by atoms with Gasteiger partial charge in [-0.1, -0.05) is 18.2 Å². The topological polar surface area (TPSA) is 68.2 Å². The Kier molecular flexibility index (Phi) is 5.38. The van der Waals surface area contributed by atoms with E-state index < -0.39 is 0 Å². The highest BCUT2D eigenvalue weighted by Gasteiger charge is 2.31. The van der Waals surface area contributed by atoms with Crippen LogP contribution in [0.1, 0.15) is 36.9 Å². The lowest BCUT2D eigenvalue weighted by Gasteiger charge is -2.34. The molecule has 134 valence electrons. The van der Waals surface area contributed by atoms with Crippen molar-refractivity contribution < 1.29 is 9.53 Å². The molecule has 6 nitrogen and oxygen atoms in total. The van der Waals surface area contributed by atoms with E-state index in [1.54, 1.807) is 11.8 Å². The first-order valence-electron chi connectivity index (χ1n) is 8.72. The highest BCUT2D eigenvalue weighted by molar-refractivity contribution is 5.77. The molecule has 1 unspecified atom stereocenters. The van der Waals surface area contributed by atoms with Gasteiger partial charge in [0.25, 0.3) is 0 Å². The minimum absolute atomic E-state index is 0.0462. The molecule has 1 saturated heterocycles. The molecule has 1 aromatic heterocycles. The quantitative estimate of drug-likeness (QED) is 0.842. The van der Waals surface area contributed by atoms with Crippen molar-refractivity contribution in [1.82, 2.24) is 20.4 Å². The van der Waals surface area contributed by atoms with Crippen LogP contribution < -0.4 is 15.4 Å². The van der Waals surface area contributed by atoms with E-state index in [0.717, 1.165) is 24.2 Å². The minimum Gasteiger partial charge on any atom is -0.496 e. The molecule has 1 amide bonds. The summed E-state index contributed by atoms with van der Waals surface area (Å²) >= 11 is 0. The third-order valence-corrected chi connectivity index (χ3v) is 4.70. The number of hydrogen-bond acceptors (Lipinski definition) is 4. The van der Waals surface area contributed by atoms with Crippen LogP contribution in [0.3, 0.4) is 0 Å². The summed E-state index contributed by atoms with van der Waals surface area (Å²) in [7, 11) is 3.59. The lowest BCUT2D eigenvalue weighted by Crippen LogP contribution is -2.51. The number of aromatic nitrogens is 2. The maximum Gasteiger partial charge on any atom is 0.220 e. The second kappa shape index (κ2) is 7.70. The fraction of sp³-hybridized carbons (Fsp3) is 0.474. The first kappa shape index (κ1) is 17.5. The summed E-state index contributed by atoms with van der Waals surface area (Å²) in [6.07, 6.45) is 6.04. The molecule has 1 fully saturated rings. The fourth-order valence-electron chi connectivity index (χ4n) is 3.52. The van der Waals surface area contributed by atoms with Crippen LogP contribution in [0.15, 0.2) is 36.7 Å². The van der Waals surface area contributed by atoms with Gasteiger partial charge in [0.1, 0.15) is 5.75 Å². The standard InChI is InChI=1S/C19H26N4O2/c1-13(10-14-6-4-5-7-17(14)25-3)21-16-8-9-18(24)22-19(16)15-11-20-23(2)12-15/h4-7,11-13,16,19,21H,8-10H2,1-3H3,(H,22,24)/t13?,16-,19+/m1/s1. The summed E-state index contributed by atoms with van der Waals surface area (Å²) in [5.74, 6) is 1.01. The Labute approximate surface area is 148 Å². The van der Waals surface area contributed by atoms with E-state index >= 15 is 0 Å². The molecule has 0 radical (unpaired) electrons. The number of rotatable bonds is 6. The van der Waals surface area contributed by atoms with Crippen molar-refractivity contribution in [2.75, 3.05) is 7.11 Å². The molecular formula is C19H26N4O2. The van der Waals surface area contributed by atoms with E-state index in [1.165, 1.54) is 5.56 Å². The molecule has 2 N–H and O–H groups in total. The summed E-state index contributed by atoms with van der Waals surface area (Å²) in [5.41, 5.74) is 2.22. The molecule has 3 rings (SSSR count). The second-order valence-corrected chi connectivity index (χ2v) is 6.72. The van der Waals surface area contributed by atoms with Gasteiger partial charge in [0.05, 0.1) is 19.3 Å². The minimum atomic E-state index is -0.0462. The van der Waals surface area contributed by atoms with Crippen LogP contribution in [0.4, 0.5) is 0 Å². The summed E-state index contributed by atoms with van der Waals surface area (Å²) in [4.78, 5) is 11.9. The van der Waals surface area contributed by atoms with Gasteiger partial charge < -0.3 is 15.4 Å². The maximum atomic E-state index is 11.9. The Hall–Kier alpha value is -2.34. The van der Waals surface area contributed by atoms with Crippen molar-refractivity contribution >= 4 is 5.91 Å². The average molecular weight is 342 g/mol. The Morgan fingerprint density at radius 3 is 2.96 bits per heavy atom. The van der Waals surface area contributed by atoms with Crippen LogP contribution in [0.5, 0.6) is 5.75 Å². The van der Waals surface area contributed by atoms with Crippen LogP contribution in [-0.2, 0) is 18.3 Å².